The van der Waals surface area contributed by atoms with Crippen molar-refractivity contribution in [2.24, 2.45) is 0 Å². The fourth-order valence-electron chi connectivity index (χ4n) is 1.58. The predicted octanol–water partition coefficient (Wildman–Crippen LogP) is 3.26. The maximum absolute atomic E-state index is 5.63. The molecule has 1 aromatic heterocycles. The van der Waals surface area contributed by atoms with Crippen LogP contribution in [0, 0.1) is 6.92 Å². The summed E-state index contributed by atoms with van der Waals surface area (Å²) in [5.41, 5.74) is 2.42. The summed E-state index contributed by atoms with van der Waals surface area (Å²) < 4.78 is 5.63. The lowest BCUT2D eigenvalue weighted by Crippen LogP contribution is -2.05. The van der Waals surface area contributed by atoms with Crippen LogP contribution in [0.2, 0.25) is 0 Å². The summed E-state index contributed by atoms with van der Waals surface area (Å²) in [7, 11) is 0. The average molecular weight is 189 g/mol. The lowest BCUT2D eigenvalue weighted by Gasteiger charge is -2.09. The summed E-state index contributed by atoms with van der Waals surface area (Å²) in [5, 5.41) is 1.24. The Morgan fingerprint density at radius 1 is 1.29 bits per heavy atom. The van der Waals surface area contributed by atoms with Crippen LogP contribution in [0.25, 0.3) is 10.9 Å². The number of aromatic nitrogens is 1. The summed E-state index contributed by atoms with van der Waals surface area (Å²) in [6.07, 6.45) is 2.25. The first-order valence-electron chi connectivity index (χ1n) is 4.91. The minimum atomic E-state index is 0.228. The molecule has 0 saturated carbocycles. The van der Waals surface area contributed by atoms with Crippen molar-refractivity contribution in [1.29, 1.82) is 0 Å². The Bertz CT molecular complexity index is 443. The van der Waals surface area contributed by atoms with Crippen LogP contribution in [0.4, 0.5) is 0 Å². The van der Waals surface area contributed by atoms with Crippen LogP contribution in [-0.4, -0.2) is 11.1 Å². The number of aromatic amines is 1. The molecular formula is C12H15NO. The van der Waals surface area contributed by atoms with Crippen molar-refractivity contribution in [3.05, 3.63) is 30.0 Å². The number of hydrogen-bond donors (Lipinski definition) is 1. The molecular weight excluding hydrogens is 174 g/mol. The highest BCUT2D eigenvalue weighted by Crippen LogP contribution is 2.23. The largest absolute Gasteiger partial charge is 0.491 e. The molecule has 1 N–H and O–H groups in total. The third-order valence-corrected chi connectivity index (χ3v) is 2.23. The van der Waals surface area contributed by atoms with Gasteiger partial charge in [0.2, 0.25) is 0 Å². The van der Waals surface area contributed by atoms with Crippen molar-refractivity contribution >= 4 is 10.9 Å². The number of nitrogens with one attached hydrogen (secondary N) is 1. The van der Waals surface area contributed by atoms with Gasteiger partial charge in [0.15, 0.2) is 0 Å². The Hall–Kier alpha value is -1.44. The Balaban J connectivity index is 2.44. The molecule has 2 rings (SSSR count). The molecule has 2 aromatic rings. The van der Waals surface area contributed by atoms with Crippen molar-refractivity contribution in [3.63, 3.8) is 0 Å². The van der Waals surface area contributed by atoms with Crippen molar-refractivity contribution in [2.45, 2.75) is 26.9 Å². The molecule has 14 heavy (non-hydrogen) atoms. The van der Waals surface area contributed by atoms with Gasteiger partial charge in [0, 0.05) is 17.1 Å². The van der Waals surface area contributed by atoms with Crippen LogP contribution in [0.5, 0.6) is 5.75 Å². The summed E-state index contributed by atoms with van der Waals surface area (Å²) in [5.74, 6) is 0.940. The van der Waals surface area contributed by atoms with E-state index in [2.05, 4.69) is 24.0 Å². The monoisotopic (exact) mass is 189 g/mol. The van der Waals surface area contributed by atoms with Gasteiger partial charge in [0.05, 0.1) is 6.10 Å². The zero-order valence-electron chi connectivity index (χ0n) is 8.79. The highest BCUT2D eigenvalue weighted by Gasteiger charge is 2.02. The highest BCUT2D eigenvalue weighted by atomic mass is 16.5. The molecule has 0 radical (unpaired) electrons. The Labute approximate surface area is 83.9 Å². The van der Waals surface area contributed by atoms with Gasteiger partial charge in [-0.1, -0.05) is 0 Å². The minimum Gasteiger partial charge on any atom is -0.491 e. The molecule has 1 aromatic carbocycles. The Kier molecular flexibility index (Phi) is 2.20. The van der Waals surface area contributed by atoms with E-state index in [4.69, 9.17) is 4.74 Å². The second kappa shape index (κ2) is 3.37. The van der Waals surface area contributed by atoms with Gasteiger partial charge in [-0.05, 0) is 44.5 Å². The first-order valence-corrected chi connectivity index (χ1v) is 4.91. The maximum atomic E-state index is 5.63. The van der Waals surface area contributed by atoms with Gasteiger partial charge < -0.3 is 9.72 Å². The van der Waals surface area contributed by atoms with Crippen LogP contribution in [0.15, 0.2) is 24.4 Å². The molecule has 0 bridgehead atoms. The van der Waals surface area contributed by atoms with E-state index in [1.54, 1.807) is 0 Å². The van der Waals surface area contributed by atoms with E-state index in [1.165, 1.54) is 16.5 Å². The number of aryl methyl sites for hydroxylation is 1. The maximum Gasteiger partial charge on any atom is 0.120 e. The topological polar surface area (TPSA) is 25.0 Å². The van der Waals surface area contributed by atoms with E-state index in [0.717, 1.165) is 5.75 Å². The third kappa shape index (κ3) is 1.60. The van der Waals surface area contributed by atoms with Gasteiger partial charge >= 0.3 is 0 Å². The molecule has 0 unspecified atom stereocenters. The van der Waals surface area contributed by atoms with Gasteiger partial charge in [0.1, 0.15) is 5.75 Å². The third-order valence-electron chi connectivity index (χ3n) is 2.23. The number of hydrogen-bond acceptors (Lipinski definition) is 1. The van der Waals surface area contributed by atoms with E-state index < -0.39 is 0 Å². The predicted molar refractivity (Wildman–Crippen MR) is 58.8 cm³/mol. The lowest BCUT2D eigenvalue weighted by atomic mass is 10.2. The number of benzene rings is 1. The molecule has 0 fully saturated rings. The van der Waals surface area contributed by atoms with Gasteiger partial charge in [0.25, 0.3) is 0 Å². The summed E-state index contributed by atoms with van der Waals surface area (Å²) in [4.78, 5) is 3.21. The molecule has 0 saturated heterocycles. The first kappa shape index (κ1) is 9.13. The van der Waals surface area contributed by atoms with E-state index in [1.807, 2.05) is 26.1 Å². The fourth-order valence-corrected chi connectivity index (χ4v) is 1.58. The SMILES string of the molecule is Cc1c[nH]c2ccc(OC(C)C)cc12. The van der Waals surface area contributed by atoms with Crippen LogP contribution in [0.1, 0.15) is 19.4 Å². The van der Waals surface area contributed by atoms with E-state index in [0.29, 0.717) is 0 Å². The Morgan fingerprint density at radius 3 is 2.79 bits per heavy atom. The van der Waals surface area contributed by atoms with E-state index >= 15 is 0 Å². The van der Waals surface area contributed by atoms with Crippen LogP contribution in [-0.2, 0) is 0 Å². The molecule has 74 valence electrons. The van der Waals surface area contributed by atoms with Gasteiger partial charge in [-0.3, -0.25) is 0 Å². The quantitative estimate of drug-likeness (QED) is 0.770. The van der Waals surface area contributed by atoms with Crippen LogP contribution >= 0.6 is 0 Å². The van der Waals surface area contributed by atoms with Crippen molar-refractivity contribution < 1.29 is 4.74 Å². The second-order valence-corrected chi connectivity index (χ2v) is 3.85. The standard InChI is InChI=1S/C12H15NO/c1-8(2)14-10-4-5-12-11(6-10)9(3)7-13-12/h4-8,13H,1-3H3. The molecule has 1 heterocycles. The first-order chi connectivity index (χ1) is 6.66. The van der Waals surface area contributed by atoms with Crippen molar-refractivity contribution in [1.82, 2.24) is 4.98 Å². The minimum absolute atomic E-state index is 0.228. The summed E-state index contributed by atoms with van der Waals surface area (Å²) >= 11 is 0. The second-order valence-electron chi connectivity index (χ2n) is 3.85. The van der Waals surface area contributed by atoms with Gasteiger partial charge in [-0.15, -0.1) is 0 Å². The van der Waals surface area contributed by atoms with Crippen molar-refractivity contribution in [2.75, 3.05) is 0 Å². The van der Waals surface area contributed by atoms with E-state index in [-0.39, 0.29) is 6.10 Å². The summed E-state index contributed by atoms with van der Waals surface area (Å²) in [6, 6.07) is 6.14. The smallest absolute Gasteiger partial charge is 0.120 e. The van der Waals surface area contributed by atoms with Crippen molar-refractivity contribution in [3.8, 4) is 5.75 Å². The highest BCUT2D eigenvalue weighted by molar-refractivity contribution is 5.84. The Morgan fingerprint density at radius 2 is 2.07 bits per heavy atom. The zero-order valence-corrected chi connectivity index (χ0v) is 8.79. The molecule has 2 heteroatoms. The van der Waals surface area contributed by atoms with Gasteiger partial charge in [-0.2, -0.15) is 0 Å². The lowest BCUT2D eigenvalue weighted by molar-refractivity contribution is 0.243. The number of ether oxygens (including phenoxy) is 1. The molecule has 2 nitrogen and oxygen atoms in total. The molecule has 0 amide bonds. The molecule has 0 spiro atoms. The number of fused-ring (bicyclic) bond motifs is 1. The molecule has 0 aliphatic heterocycles. The zero-order chi connectivity index (χ0) is 10.1. The van der Waals surface area contributed by atoms with E-state index in [9.17, 15) is 0 Å². The number of H-pyrrole nitrogens is 1. The van der Waals surface area contributed by atoms with Crippen LogP contribution < -0.4 is 4.74 Å². The molecule has 0 aliphatic rings. The fraction of sp³-hybridized carbons (Fsp3) is 0.333. The molecule has 0 atom stereocenters. The molecule has 0 aliphatic carbocycles. The van der Waals surface area contributed by atoms with Crippen LogP contribution in [0.3, 0.4) is 0 Å². The number of rotatable bonds is 2. The normalized spacial score (nSPS) is 11.1. The summed E-state index contributed by atoms with van der Waals surface area (Å²) in [6.45, 7) is 6.17. The average Bonchev–Trinajstić information content (AvgIpc) is 2.47. The van der Waals surface area contributed by atoms with Gasteiger partial charge in [-0.25, -0.2) is 0 Å².